The van der Waals surface area contributed by atoms with Crippen LogP contribution in [0.15, 0.2) is 17.6 Å². The number of halogens is 1. The van der Waals surface area contributed by atoms with Crippen molar-refractivity contribution in [2.45, 2.75) is 51.7 Å². The van der Waals surface area contributed by atoms with Gasteiger partial charge >= 0.3 is 6.09 Å². The van der Waals surface area contributed by atoms with Crippen molar-refractivity contribution in [3.05, 3.63) is 12.7 Å². The average Bonchev–Trinajstić information content (AvgIpc) is 2.46. The topological polar surface area (TPSA) is 66.0 Å². The lowest BCUT2D eigenvalue weighted by atomic mass is 10.0. The molecule has 6 nitrogen and oxygen atoms in total. The molecule has 0 bridgehead atoms. The molecule has 2 N–H and O–H groups in total. The van der Waals surface area contributed by atoms with Crippen molar-refractivity contribution in [2.75, 3.05) is 26.7 Å². The number of rotatable bonds is 4. The van der Waals surface area contributed by atoms with Crippen LogP contribution in [0, 0.1) is 0 Å². The fraction of sp³-hybridized carbons (Fsp3) is 0.750. The Bertz CT molecular complexity index is 407. The predicted octanol–water partition coefficient (Wildman–Crippen LogP) is 2.75. The molecule has 1 unspecified atom stereocenters. The van der Waals surface area contributed by atoms with Gasteiger partial charge in [-0.25, -0.2) is 4.79 Å². The van der Waals surface area contributed by atoms with E-state index in [1.54, 1.807) is 13.1 Å². The smallest absolute Gasteiger partial charge is 0.410 e. The lowest BCUT2D eigenvalue weighted by Gasteiger charge is -2.37. The Balaban J connectivity index is 0.00000484. The standard InChI is InChI=1S/C16H30N4O2.HI/c1-6-10-18-14(17-5)19-12-13-9-7-8-11-20(13)15(21)22-16(2,3)4;/h6,13H,1,7-12H2,2-5H3,(H2,17,18,19);1H. The van der Waals surface area contributed by atoms with Crippen molar-refractivity contribution in [1.82, 2.24) is 15.5 Å². The van der Waals surface area contributed by atoms with Gasteiger partial charge in [0.15, 0.2) is 5.96 Å². The summed E-state index contributed by atoms with van der Waals surface area (Å²) in [5.41, 5.74) is -0.464. The molecule has 1 amide bonds. The molecule has 23 heavy (non-hydrogen) atoms. The van der Waals surface area contributed by atoms with Crippen molar-refractivity contribution in [3.63, 3.8) is 0 Å². The summed E-state index contributed by atoms with van der Waals surface area (Å²) in [6.45, 7) is 11.4. The zero-order chi connectivity index (χ0) is 16.6. The van der Waals surface area contributed by atoms with Gasteiger partial charge in [0.25, 0.3) is 0 Å². The van der Waals surface area contributed by atoms with Crippen LogP contribution in [-0.2, 0) is 4.74 Å². The monoisotopic (exact) mass is 438 g/mol. The number of nitrogens with zero attached hydrogens (tertiary/aromatic N) is 2. The summed E-state index contributed by atoms with van der Waals surface area (Å²) in [5.74, 6) is 0.717. The van der Waals surface area contributed by atoms with E-state index in [1.807, 2.05) is 25.7 Å². The summed E-state index contributed by atoms with van der Waals surface area (Å²) < 4.78 is 5.51. The van der Waals surface area contributed by atoms with E-state index in [2.05, 4.69) is 22.2 Å². The molecule has 0 aromatic carbocycles. The van der Waals surface area contributed by atoms with Crippen LogP contribution in [0.3, 0.4) is 0 Å². The first-order valence-electron chi connectivity index (χ1n) is 7.92. The summed E-state index contributed by atoms with van der Waals surface area (Å²) >= 11 is 0. The minimum Gasteiger partial charge on any atom is -0.444 e. The molecule has 1 aliphatic heterocycles. The molecule has 1 saturated heterocycles. The van der Waals surface area contributed by atoms with Gasteiger partial charge in [0.05, 0.1) is 6.04 Å². The van der Waals surface area contributed by atoms with E-state index in [0.717, 1.165) is 31.8 Å². The molecule has 0 spiro atoms. The minimum atomic E-state index is -0.464. The Kier molecular flexibility index (Phi) is 10.3. The van der Waals surface area contributed by atoms with E-state index in [9.17, 15) is 4.79 Å². The van der Waals surface area contributed by atoms with Gasteiger partial charge in [-0.15, -0.1) is 30.6 Å². The summed E-state index contributed by atoms with van der Waals surface area (Å²) in [4.78, 5) is 18.3. The van der Waals surface area contributed by atoms with E-state index in [-0.39, 0.29) is 36.1 Å². The molecule has 0 aliphatic carbocycles. The van der Waals surface area contributed by atoms with Crippen molar-refractivity contribution in [1.29, 1.82) is 0 Å². The molecule has 0 saturated carbocycles. The van der Waals surface area contributed by atoms with Crippen molar-refractivity contribution >= 4 is 36.0 Å². The molecule has 1 atom stereocenters. The fourth-order valence-corrected chi connectivity index (χ4v) is 2.38. The Morgan fingerprint density at radius 2 is 2.09 bits per heavy atom. The van der Waals surface area contributed by atoms with Gasteiger partial charge in [0.1, 0.15) is 5.60 Å². The second kappa shape index (κ2) is 10.7. The van der Waals surface area contributed by atoms with Crippen LogP contribution in [0.5, 0.6) is 0 Å². The third kappa shape index (κ3) is 8.43. The Labute approximate surface area is 157 Å². The first-order valence-corrected chi connectivity index (χ1v) is 7.92. The van der Waals surface area contributed by atoms with Gasteiger partial charge in [-0.3, -0.25) is 4.99 Å². The number of carbonyl (C=O) groups is 1. The number of aliphatic imine (C=N–C) groups is 1. The van der Waals surface area contributed by atoms with E-state index < -0.39 is 5.60 Å². The lowest BCUT2D eigenvalue weighted by molar-refractivity contribution is 0.0104. The first kappa shape index (κ1) is 22.0. The highest BCUT2D eigenvalue weighted by Gasteiger charge is 2.30. The SMILES string of the molecule is C=CCNC(=NC)NCC1CCCCN1C(=O)OC(C)(C)C.I. The average molecular weight is 438 g/mol. The number of likely N-dealkylation sites (tertiary alicyclic amines) is 1. The third-order valence-corrected chi connectivity index (χ3v) is 3.40. The van der Waals surface area contributed by atoms with Gasteiger partial charge in [0.2, 0.25) is 0 Å². The molecule has 1 fully saturated rings. The summed E-state index contributed by atoms with van der Waals surface area (Å²) in [7, 11) is 1.73. The van der Waals surface area contributed by atoms with Crippen LogP contribution in [-0.4, -0.2) is 55.3 Å². The normalized spacial score (nSPS) is 18.7. The number of hydrogen-bond acceptors (Lipinski definition) is 3. The second-order valence-electron chi connectivity index (χ2n) is 6.45. The maximum atomic E-state index is 12.3. The quantitative estimate of drug-likeness (QED) is 0.307. The highest BCUT2D eigenvalue weighted by molar-refractivity contribution is 14.0. The van der Waals surface area contributed by atoms with Gasteiger partial charge in [-0.2, -0.15) is 0 Å². The Hall–Kier alpha value is -0.990. The number of hydrogen-bond donors (Lipinski definition) is 2. The van der Waals surface area contributed by atoms with E-state index in [1.165, 1.54) is 0 Å². The molecule has 1 heterocycles. The number of amides is 1. The van der Waals surface area contributed by atoms with Gasteiger partial charge < -0.3 is 20.3 Å². The molecular weight excluding hydrogens is 407 g/mol. The van der Waals surface area contributed by atoms with Gasteiger partial charge in [-0.05, 0) is 40.0 Å². The van der Waals surface area contributed by atoms with Crippen molar-refractivity contribution in [2.24, 2.45) is 4.99 Å². The molecule has 134 valence electrons. The fourth-order valence-electron chi connectivity index (χ4n) is 2.38. The van der Waals surface area contributed by atoms with Gasteiger partial charge in [-0.1, -0.05) is 6.08 Å². The molecule has 0 radical (unpaired) electrons. The van der Waals surface area contributed by atoms with Gasteiger partial charge in [0, 0.05) is 26.7 Å². The zero-order valence-electron chi connectivity index (χ0n) is 14.7. The lowest BCUT2D eigenvalue weighted by Crippen LogP contribution is -2.52. The molecule has 1 rings (SSSR count). The maximum Gasteiger partial charge on any atom is 0.410 e. The van der Waals surface area contributed by atoms with Crippen LogP contribution in [0.4, 0.5) is 4.79 Å². The number of guanidine groups is 1. The molecule has 7 heteroatoms. The summed E-state index contributed by atoms with van der Waals surface area (Å²) in [6, 6.07) is 0.130. The third-order valence-electron chi connectivity index (χ3n) is 3.40. The second-order valence-corrected chi connectivity index (χ2v) is 6.45. The van der Waals surface area contributed by atoms with Crippen LogP contribution in [0.2, 0.25) is 0 Å². The predicted molar refractivity (Wildman–Crippen MR) is 106 cm³/mol. The maximum absolute atomic E-state index is 12.3. The van der Waals surface area contributed by atoms with Crippen molar-refractivity contribution < 1.29 is 9.53 Å². The van der Waals surface area contributed by atoms with Crippen LogP contribution in [0.25, 0.3) is 0 Å². The highest BCUT2D eigenvalue weighted by Crippen LogP contribution is 2.19. The summed E-state index contributed by atoms with van der Waals surface area (Å²) in [5, 5.41) is 6.39. The molecular formula is C16H31IN4O2. The van der Waals surface area contributed by atoms with Crippen molar-refractivity contribution in [3.8, 4) is 0 Å². The van der Waals surface area contributed by atoms with E-state index >= 15 is 0 Å². The number of carbonyl (C=O) groups excluding carboxylic acids is 1. The van der Waals surface area contributed by atoms with E-state index in [4.69, 9.17) is 4.74 Å². The Morgan fingerprint density at radius 1 is 1.39 bits per heavy atom. The summed E-state index contributed by atoms with van der Waals surface area (Å²) in [6.07, 6.45) is 4.68. The first-order chi connectivity index (χ1) is 10.4. The number of nitrogens with one attached hydrogen (secondary N) is 2. The Morgan fingerprint density at radius 3 is 2.65 bits per heavy atom. The molecule has 1 aliphatic rings. The van der Waals surface area contributed by atoms with Crippen LogP contribution in [0.1, 0.15) is 40.0 Å². The van der Waals surface area contributed by atoms with E-state index in [0.29, 0.717) is 13.1 Å². The number of piperidine rings is 1. The zero-order valence-corrected chi connectivity index (χ0v) is 17.1. The molecule has 0 aromatic heterocycles. The van der Waals surface area contributed by atoms with Crippen LogP contribution >= 0.6 is 24.0 Å². The minimum absolute atomic E-state index is 0. The molecule has 0 aromatic rings. The number of ether oxygens (including phenoxy) is 1. The van der Waals surface area contributed by atoms with Crippen LogP contribution < -0.4 is 10.6 Å². The largest absolute Gasteiger partial charge is 0.444 e. The highest BCUT2D eigenvalue weighted by atomic mass is 127.